The van der Waals surface area contributed by atoms with Crippen LogP contribution in [0.15, 0.2) is 29.2 Å². The molecule has 156 valence electrons. The summed E-state index contributed by atoms with van der Waals surface area (Å²) in [4.78, 5) is 25.5. The second kappa shape index (κ2) is 9.99. The van der Waals surface area contributed by atoms with Crippen LogP contribution >= 0.6 is 0 Å². The molecule has 0 aromatic heterocycles. The van der Waals surface area contributed by atoms with Crippen molar-refractivity contribution in [3.05, 3.63) is 29.8 Å². The van der Waals surface area contributed by atoms with E-state index in [1.54, 1.807) is 12.1 Å². The first-order valence-electron chi connectivity index (χ1n) is 9.60. The molecule has 0 spiro atoms. The van der Waals surface area contributed by atoms with E-state index in [0.717, 1.165) is 5.56 Å². The standard InChI is InChI=1S/C19H30N4O4S/c1-4-20-18(24)13-21-19(25)14-22-9-11-23(12-10-22)28(26,27)17-7-5-16(6-8-17)15(2)3/h5-8,15H,4,9-14H2,1-3H3,(H,20,24)(H,21,25). The molecule has 2 rings (SSSR count). The molecule has 2 amide bonds. The number of piperazine rings is 1. The van der Waals surface area contributed by atoms with Gasteiger partial charge in [0.25, 0.3) is 0 Å². The van der Waals surface area contributed by atoms with Gasteiger partial charge in [0.15, 0.2) is 0 Å². The van der Waals surface area contributed by atoms with Crippen molar-refractivity contribution in [1.29, 1.82) is 0 Å². The molecule has 1 aliphatic heterocycles. The third-order valence-corrected chi connectivity index (χ3v) is 6.62. The highest BCUT2D eigenvalue weighted by atomic mass is 32.2. The van der Waals surface area contributed by atoms with Gasteiger partial charge >= 0.3 is 0 Å². The van der Waals surface area contributed by atoms with Gasteiger partial charge in [-0.25, -0.2) is 8.42 Å². The minimum absolute atomic E-state index is 0.0482. The van der Waals surface area contributed by atoms with Gasteiger partial charge in [-0.3, -0.25) is 14.5 Å². The topological polar surface area (TPSA) is 98.8 Å². The zero-order chi connectivity index (χ0) is 20.7. The number of sulfonamides is 1. The summed E-state index contributed by atoms with van der Waals surface area (Å²) in [7, 11) is -3.53. The van der Waals surface area contributed by atoms with Crippen molar-refractivity contribution in [2.24, 2.45) is 0 Å². The van der Waals surface area contributed by atoms with Gasteiger partial charge in [0.05, 0.1) is 18.0 Å². The fourth-order valence-electron chi connectivity index (χ4n) is 3.00. The molecule has 0 saturated carbocycles. The summed E-state index contributed by atoms with van der Waals surface area (Å²) in [5.74, 6) is -0.124. The van der Waals surface area contributed by atoms with Crippen molar-refractivity contribution in [1.82, 2.24) is 19.8 Å². The maximum Gasteiger partial charge on any atom is 0.243 e. The van der Waals surface area contributed by atoms with Crippen molar-refractivity contribution < 1.29 is 18.0 Å². The van der Waals surface area contributed by atoms with Crippen LogP contribution in [0, 0.1) is 0 Å². The highest BCUT2D eigenvalue weighted by Crippen LogP contribution is 2.21. The molecule has 1 saturated heterocycles. The number of carbonyl (C=O) groups is 2. The summed E-state index contributed by atoms with van der Waals surface area (Å²) >= 11 is 0. The van der Waals surface area contributed by atoms with Crippen LogP contribution in [0.3, 0.4) is 0 Å². The van der Waals surface area contributed by atoms with Gasteiger partial charge in [0.1, 0.15) is 0 Å². The molecule has 0 bridgehead atoms. The lowest BCUT2D eigenvalue weighted by Crippen LogP contribution is -2.51. The van der Waals surface area contributed by atoms with Crippen molar-refractivity contribution in [2.75, 3.05) is 45.8 Å². The second-order valence-corrected chi connectivity index (χ2v) is 9.07. The van der Waals surface area contributed by atoms with Crippen LogP contribution in [0.4, 0.5) is 0 Å². The summed E-state index contributed by atoms with van der Waals surface area (Å²) in [5, 5.41) is 5.18. The third kappa shape index (κ3) is 6.02. The number of carbonyl (C=O) groups excluding carboxylic acids is 2. The Bertz CT molecular complexity index is 770. The minimum atomic E-state index is -3.53. The molecule has 9 heteroatoms. The average molecular weight is 411 g/mol. The van der Waals surface area contributed by atoms with E-state index in [-0.39, 0.29) is 24.9 Å². The van der Waals surface area contributed by atoms with Crippen molar-refractivity contribution >= 4 is 21.8 Å². The van der Waals surface area contributed by atoms with Gasteiger partial charge in [0.2, 0.25) is 21.8 Å². The highest BCUT2D eigenvalue weighted by Gasteiger charge is 2.29. The molecule has 1 aromatic rings. The van der Waals surface area contributed by atoms with Gasteiger partial charge in [-0.15, -0.1) is 0 Å². The SMILES string of the molecule is CCNC(=O)CNC(=O)CN1CCN(S(=O)(=O)c2ccc(C(C)C)cc2)CC1. The van der Waals surface area contributed by atoms with Gasteiger partial charge in [-0.05, 0) is 30.5 Å². The maximum absolute atomic E-state index is 12.8. The smallest absolute Gasteiger partial charge is 0.243 e. The number of nitrogens with one attached hydrogen (secondary N) is 2. The number of nitrogens with zero attached hydrogens (tertiary/aromatic N) is 2. The van der Waals surface area contributed by atoms with E-state index in [9.17, 15) is 18.0 Å². The minimum Gasteiger partial charge on any atom is -0.355 e. The van der Waals surface area contributed by atoms with Crippen molar-refractivity contribution in [3.63, 3.8) is 0 Å². The fraction of sp³-hybridized carbons (Fsp3) is 0.579. The molecule has 8 nitrogen and oxygen atoms in total. The molecular weight excluding hydrogens is 380 g/mol. The van der Waals surface area contributed by atoms with Crippen LogP contribution in [0.1, 0.15) is 32.3 Å². The quantitative estimate of drug-likeness (QED) is 0.645. The Morgan fingerprint density at radius 2 is 1.61 bits per heavy atom. The molecule has 0 unspecified atom stereocenters. The number of hydrogen-bond acceptors (Lipinski definition) is 5. The fourth-order valence-corrected chi connectivity index (χ4v) is 4.42. The molecule has 1 aliphatic rings. The monoisotopic (exact) mass is 410 g/mol. The van der Waals surface area contributed by atoms with Crippen molar-refractivity contribution in [3.8, 4) is 0 Å². The summed E-state index contributed by atoms with van der Waals surface area (Å²) < 4.78 is 27.1. The van der Waals surface area contributed by atoms with Crippen LogP contribution < -0.4 is 10.6 Å². The Kier molecular flexibility index (Phi) is 7.97. The van der Waals surface area contributed by atoms with Crippen molar-refractivity contribution in [2.45, 2.75) is 31.6 Å². The lowest BCUT2D eigenvalue weighted by atomic mass is 10.0. The zero-order valence-corrected chi connectivity index (χ0v) is 17.6. The maximum atomic E-state index is 12.8. The van der Waals surface area contributed by atoms with E-state index in [1.165, 1.54) is 4.31 Å². The number of amides is 2. The van der Waals surface area contributed by atoms with E-state index < -0.39 is 10.0 Å². The predicted molar refractivity (Wildman–Crippen MR) is 107 cm³/mol. The number of benzene rings is 1. The lowest BCUT2D eigenvalue weighted by Gasteiger charge is -2.33. The molecule has 1 fully saturated rings. The highest BCUT2D eigenvalue weighted by molar-refractivity contribution is 7.89. The molecule has 28 heavy (non-hydrogen) atoms. The first-order valence-corrected chi connectivity index (χ1v) is 11.0. The van der Waals surface area contributed by atoms with E-state index in [0.29, 0.717) is 43.5 Å². The summed E-state index contributed by atoms with van der Waals surface area (Å²) in [6.07, 6.45) is 0. The molecule has 0 radical (unpaired) electrons. The Morgan fingerprint density at radius 1 is 1.00 bits per heavy atom. The van der Waals surface area contributed by atoms with E-state index in [2.05, 4.69) is 24.5 Å². The Hall–Kier alpha value is -1.97. The lowest BCUT2D eigenvalue weighted by molar-refractivity contribution is -0.126. The van der Waals surface area contributed by atoms with Gasteiger partial charge < -0.3 is 10.6 Å². The summed E-state index contributed by atoms with van der Waals surface area (Å²) in [6, 6.07) is 7.03. The first-order chi connectivity index (χ1) is 13.2. The van der Waals surface area contributed by atoms with E-state index >= 15 is 0 Å². The molecule has 1 heterocycles. The molecule has 1 aromatic carbocycles. The Morgan fingerprint density at radius 3 is 2.14 bits per heavy atom. The second-order valence-electron chi connectivity index (χ2n) is 7.13. The molecule has 0 atom stereocenters. The number of likely N-dealkylation sites (N-methyl/N-ethyl adjacent to an activating group) is 1. The largest absolute Gasteiger partial charge is 0.355 e. The Balaban J connectivity index is 1.85. The summed E-state index contributed by atoms with van der Waals surface area (Å²) in [6.45, 7) is 8.16. The number of rotatable bonds is 8. The van der Waals surface area contributed by atoms with Crippen LogP contribution in [0.5, 0.6) is 0 Å². The summed E-state index contributed by atoms with van der Waals surface area (Å²) in [5.41, 5.74) is 1.10. The Labute approximate surface area is 167 Å². The average Bonchev–Trinajstić information content (AvgIpc) is 2.67. The molecular formula is C19H30N4O4S. The first kappa shape index (κ1) is 22.3. The van der Waals surface area contributed by atoms with Crippen LogP contribution in [0.2, 0.25) is 0 Å². The van der Waals surface area contributed by atoms with Crippen LogP contribution in [0.25, 0.3) is 0 Å². The van der Waals surface area contributed by atoms with Gasteiger partial charge in [0, 0.05) is 32.7 Å². The predicted octanol–water partition coefficient (Wildman–Crippen LogP) is 0.369. The van der Waals surface area contributed by atoms with Crippen LogP contribution in [-0.4, -0.2) is 75.3 Å². The van der Waals surface area contributed by atoms with Gasteiger partial charge in [-0.2, -0.15) is 4.31 Å². The van der Waals surface area contributed by atoms with Crippen LogP contribution in [-0.2, 0) is 19.6 Å². The van der Waals surface area contributed by atoms with E-state index in [1.807, 2.05) is 24.0 Å². The molecule has 0 aliphatic carbocycles. The normalized spacial score (nSPS) is 16.1. The van der Waals surface area contributed by atoms with Gasteiger partial charge in [-0.1, -0.05) is 26.0 Å². The third-order valence-electron chi connectivity index (χ3n) is 4.70. The zero-order valence-electron chi connectivity index (χ0n) is 16.8. The number of hydrogen-bond donors (Lipinski definition) is 2. The molecule has 2 N–H and O–H groups in total. The van der Waals surface area contributed by atoms with E-state index in [4.69, 9.17) is 0 Å².